The third kappa shape index (κ3) is 3.42. The van der Waals surface area contributed by atoms with Crippen molar-refractivity contribution in [2.24, 2.45) is 5.73 Å². The molecule has 2 rings (SSSR count). The molecular weight excluding hydrogens is 256 g/mol. The van der Waals surface area contributed by atoms with E-state index in [4.69, 9.17) is 5.73 Å². The van der Waals surface area contributed by atoms with Gasteiger partial charge in [-0.05, 0) is 41.7 Å². The van der Waals surface area contributed by atoms with E-state index in [0.29, 0.717) is 5.56 Å². The number of halogens is 2. The van der Waals surface area contributed by atoms with E-state index in [1.165, 1.54) is 11.6 Å². The molecule has 0 spiro atoms. The van der Waals surface area contributed by atoms with Crippen LogP contribution < -0.4 is 5.73 Å². The third-order valence-corrected chi connectivity index (χ3v) is 3.46. The predicted octanol–water partition coefficient (Wildman–Crippen LogP) is 4.36. The summed E-state index contributed by atoms with van der Waals surface area (Å²) in [5.41, 5.74) is 8.84. The molecule has 2 aromatic rings. The maximum Gasteiger partial charge on any atom is 0.159 e. The summed E-state index contributed by atoms with van der Waals surface area (Å²) in [6.45, 7) is 2.16. The maximum atomic E-state index is 13.2. The van der Waals surface area contributed by atoms with Gasteiger partial charge in [-0.3, -0.25) is 0 Å². The van der Waals surface area contributed by atoms with Crippen molar-refractivity contribution >= 4 is 0 Å². The number of nitrogens with two attached hydrogens (primary N) is 1. The van der Waals surface area contributed by atoms with Gasteiger partial charge < -0.3 is 5.73 Å². The Kier molecular flexibility index (Phi) is 4.85. The van der Waals surface area contributed by atoms with Crippen LogP contribution in [0.3, 0.4) is 0 Å². The fourth-order valence-electron chi connectivity index (χ4n) is 2.17. The highest BCUT2D eigenvalue weighted by molar-refractivity contribution is 5.33. The largest absolute Gasteiger partial charge is 0.320 e. The van der Waals surface area contributed by atoms with Crippen LogP contribution in [0.2, 0.25) is 0 Å². The second kappa shape index (κ2) is 6.62. The van der Waals surface area contributed by atoms with Gasteiger partial charge in [0, 0.05) is 0 Å². The molecule has 0 aliphatic heterocycles. The summed E-state index contributed by atoms with van der Waals surface area (Å²) in [6, 6.07) is 11.4. The van der Waals surface area contributed by atoms with E-state index in [2.05, 4.69) is 6.92 Å². The highest BCUT2D eigenvalue weighted by atomic mass is 19.2. The SMILES string of the molecule is CCCCc1ccc(C(N)c2ccc(F)c(F)c2)cc1. The number of unbranched alkanes of at least 4 members (excludes halogenated alkanes) is 1. The molecule has 1 unspecified atom stereocenters. The topological polar surface area (TPSA) is 26.0 Å². The molecule has 0 aromatic heterocycles. The highest BCUT2D eigenvalue weighted by Gasteiger charge is 2.11. The van der Waals surface area contributed by atoms with E-state index in [9.17, 15) is 8.78 Å². The van der Waals surface area contributed by atoms with Crippen molar-refractivity contribution in [3.8, 4) is 0 Å². The van der Waals surface area contributed by atoms with Gasteiger partial charge in [-0.2, -0.15) is 0 Å². The second-order valence-corrected chi connectivity index (χ2v) is 5.00. The number of benzene rings is 2. The minimum Gasteiger partial charge on any atom is -0.320 e. The molecular formula is C17H19F2N. The highest BCUT2D eigenvalue weighted by Crippen LogP contribution is 2.22. The van der Waals surface area contributed by atoms with Gasteiger partial charge in [-0.25, -0.2) is 8.78 Å². The van der Waals surface area contributed by atoms with Crippen molar-refractivity contribution < 1.29 is 8.78 Å². The van der Waals surface area contributed by atoms with Gasteiger partial charge in [-0.15, -0.1) is 0 Å². The molecule has 0 bridgehead atoms. The van der Waals surface area contributed by atoms with Crippen LogP contribution in [0.1, 0.15) is 42.5 Å². The van der Waals surface area contributed by atoms with Gasteiger partial charge in [0.15, 0.2) is 11.6 Å². The summed E-state index contributed by atoms with van der Waals surface area (Å²) in [7, 11) is 0. The van der Waals surface area contributed by atoms with Crippen LogP contribution in [0, 0.1) is 11.6 Å². The molecule has 20 heavy (non-hydrogen) atoms. The molecule has 0 aliphatic rings. The Morgan fingerprint density at radius 1 is 0.950 bits per heavy atom. The van der Waals surface area contributed by atoms with Crippen LogP contribution in [-0.2, 0) is 6.42 Å². The molecule has 1 nitrogen and oxygen atoms in total. The lowest BCUT2D eigenvalue weighted by atomic mass is 9.97. The first kappa shape index (κ1) is 14.7. The fraction of sp³-hybridized carbons (Fsp3) is 0.294. The molecule has 0 heterocycles. The molecule has 106 valence electrons. The van der Waals surface area contributed by atoms with Crippen LogP contribution in [-0.4, -0.2) is 0 Å². The Bertz CT molecular complexity index is 564. The number of aryl methyl sites for hydroxylation is 1. The lowest BCUT2D eigenvalue weighted by Crippen LogP contribution is -2.12. The average molecular weight is 275 g/mol. The second-order valence-electron chi connectivity index (χ2n) is 5.00. The minimum atomic E-state index is -0.863. The van der Waals surface area contributed by atoms with Crippen LogP contribution in [0.5, 0.6) is 0 Å². The predicted molar refractivity (Wildman–Crippen MR) is 77.4 cm³/mol. The number of rotatable bonds is 5. The van der Waals surface area contributed by atoms with Crippen molar-refractivity contribution in [3.05, 3.63) is 70.8 Å². The van der Waals surface area contributed by atoms with E-state index in [0.717, 1.165) is 37.0 Å². The Morgan fingerprint density at radius 2 is 1.60 bits per heavy atom. The van der Waals surface area contributed by atoms with Crippen LogP contribution in [0.15, 0.2) is 42.5 Å². The molecule has 3 heteroatoms. The van der Waals surface area contributed by atoms with Crippen LogP contribution in [0.4, 0.5) is 8.78 Å². The Labute approximate surface area is 118 Å². The zero-order valence-corrected chi connectivity index (χ0v) is 11.6. The summed E-state index contributed by atoms with van der Waals surface area (Å²) >= 11 is 0. The van der Waals surface area contributed by atoms with Crippen molar-refractivity contribution in [2.75, 3.05) is 0 Å². The molecule has 2 aromatic carbocycles. The monoisotopic (exact) mass is 275 g/mol. The zero-order chi connectivity index (χ0) is 14.5. The Morgan fingerprint density at radius 3 is 2.20 bits per heavy atom. The van der Waals surface area contributed by atoms with Gasteiger partial charge in [0.25, 0.3) is 0 Å². The minimum absolute atomic E-state index is 0.440. The first-order valence-corrected chi connectivity index (χ1v) is 6.91. The molecule has 1 atom stereocenters. The zero-order valence-electron chi connectivity index (χ0n) is 11.6. The van der Waals surface area contributed by atoms with Gasteiger partial charge in [-0.1, -0.05) is 43.7 Å². The number of hydrogen-bond donors (Lipinski definition) is 1. The Hall–Kier alpha value is -1.74. The molecule has 2 N–H and O–H groups in total. The first-order valence-electron chi connectivity index (χ1n) is 6.91. The van der Waals surface area contributed by atoms with Gasteiger partial charge in [0.1, 0.15) is 0 Å². The van der Waals surface area contributed by atoms with Crippen LogP contribution >= 0.6 is 0 Å². The van der Waals surface area contributed by atoms with E-state index in [1.807, 2.05) is 24.3 Å². The summed E-state index contributed by atoms with van der Waals surface area (Å²) in [6.07, 6.45) is 3.38. The lowest BCUT2D eigenvalue weighted by molar-refractivity contribution is 0.506. The molecule has 0 aliphatic carbocycles. The first-order chi connectivity index (χ1) is 9.61. The van der Waals surface area contributed by atoms with Crippen molar-refractivity contribution in [3.63, 3.8) is 0 Å². The molecule has 0 radical (unpaired) electrons. The van der Waals surface area contributed by atoms with Crippen LogP contribution in [0.25, 0.3) is 0 Å². The molecule has 0 saturated heterocycles. The van der Waals surface area contributed by atoms with Gasteiger partial charge in [0.2, 0.25) is 0 Å². The van der Waals surface area contributed by atoms with Crippen molar-refractivity contribution in [1.82, 2.24) is 0 Å². The summed E-state index contributed by atoms with van der Waals surface area (Å²) in [4.78, 5) is 0. The normalized spacial score (nSPS) is 12.4. The van der Waals surface area contributed by atoms with Crippen molar-refractivity contribution in [2.45, 2.75) is 32.2 Å². The van der Waals surface area contributed by atoms with E-state index < -0.39 is 17.7 Å². The third-order valence-electron chi connectivity index (χ3n) is 3.46. The standard InChI is InChI=1S/C17H19F2N/c1-2-3-4-12-5-7-13(8-6-12)17(20)14-9-10-15(18)16(19)11-14/h5-11,17H,2-4,20H2,1H3. The van der Waals surface area contributed by atoms with Crippen molar-refractivity contribution in [1.29, 1.82) is 0 Å². The fourth-order valence-corrected chi connectivity index (χ4v) is 2.17. The Balaban J connectivity index is 2.15. The van der Waals surface area contributed by atoms with E-state index >= 15 is 0 Å². The van der Waals surface area contributed by atoms with E-state index in [1.54, 1.807) is 0 Å². The summed E-state index contributed by atoms with van der Waals surface area (Å²) in [5.74, 6) is -1.71. The van der Waals surface area contributed by atoms with E-state index in [-0.39, 0.29) is 0 Å². The quantitative estimate of drug-likeness (QED) is 0.862. The summed E-state index contributed by atoms with van der Waals surface area (Å²) in [5, 5.41) is 0. The number of hydrogen-bond acceptors (Lipinski definition) is 1. The molecule has 0 fully saturated rings. The average Bonchev–Trinajstić information content (AvgIpc) is 2.48. The lowest BCUT2D eigenvalue weighted by Gasteiger charge is -2.13. The smallest absolute Gasteiger partial charge is 0.159 e. The molecule has 0 saturated carbocycles. The van der Waals surface area contributed by atoms with Gasteiger partial charge in [0.05, 0.1) is 6.04 Å². The molecule has 0 amide bonds. The van der Waals surface area contributed by atoms with Gasteiger partial charge >= 0.3 is 0 Å². The summed E-state index contributed by atoms with van der Waals surface area (Å²) < 4.78 is 26.1. The maximum absolute atomic E-state index is 13.2.